The molecular formula is C22H22N4O3. The first-order chi connectivity index (χ1) is 14.2. The molecule has 2 aromatic carbocycles. The molecule has 0 aliphatic heterocycles. The number of rotatable bonds is 8. The number of hydrogen-bond acceptors (Lipinski definition) is 5. The number of aromatic nitrogens is 3. The molecule has 0 unspecified atom stereocenters. The van der Waals surface area contributed by atoms with Crippen LogP contribution in [-0.2, 0) is 17.6 Å². The third-order valence-corrected chi connectivity index (χ3v) is 4.75. The maximum atomic E-state index is 12.1. The largest absolute Gasteiger partial charge is 0.497 e. The average Bonchev–Trinajstić information content (AvgIpc) is 3.40. The zero-order valence-corrected chi connectivity index (χ0v) is 16.1. The van der Waals surface area contributed by atoms with Gasteiger partial charge >= 0.3 is 0 Å². The summed E-state index contributed by atoms with van der Waals surface area (Å²) >= 11 is 0. The summed E-state index contributed by atoms with van der Waals surface area (Å²) in [4.78, 5) is 19.8. The Labute approximate surface area is 168 Å². The fraction of sp³-hybridized carbons (Fsp3) is 0.227. The zero-order valence-electron chi connectivity index (χ0n) is 16.1. The first kappa shape index (κ1) is 18.7. The van der Waals surface area contributed by atoms with Crippen molar-refractivity contribution in [1.82, 2.24) is 20.4 Å². The Bertz CT molecular complexity index is 1120. The lowest BCUT2D eigenvalue weighted by atomic mass is 10.1. The van der Waals surface area contributed by atoms with Gasteiger partial charge < -0.3 is 19.6 Å². The third kappa shape index (κ3) is 4.45. The molecule has 1 amide bonds. The molecule has 0 bridgehead atoms. The fourth-order valence-corrected chi connectivity index (χ4v) is 3.22. The van der Waals surface area contributed by atoms with E-state index in [2.05, 4.69) is 26.5 Å². The van der Waals surface area contributed by atoms with Crippen molar-refractivity contribution in [3.05, 3.63) is 66.2 Å². The van der Waals surface area contributed by atoms with E-state index in [9.17, 15) is 4.79 Å². The molecule has 0 atom stereocenters. The molecule has 2 aromatic heterocycles. The van der Waals surface area contributed by atoms with Crippen LogP contribution in [0.5, 0.6) is 5.75 Å². The molecule has 0 aliphatic rings. The molecule has 4 rings (SSSR count). The van der Waals surface area contributed by atoms with E-state index < -0.39 is 0 Å². The second-order valence-corrected chi connectivity index (χ2v) is 6.70. The average molecular weight is 390 g/mol. The Morgan fingerprint density at radius 2 is 2.07 bits per heavy atom. The molecule has 0 spiro atoms. The van der Waals surface area contributed by atoms with Crippen molar-refractivity contribution in [2.24, 2.45) is 0 Å². The van der Waals surface area contributed by atoms with Gasteiger partial charge in [-0.15, -0.1) is 0 Å². The monoisotopic (exact) mass is 390 g/mol. The fourth-order valence-electron chi connectivity index (χ4n) is 3.22. The lowest BCUT2D eigenvalue weighted by molar-refractivity contribution is -0.121. The van der Waals surface area contributed by atoms with Crippen molar-refractivity contribution in [2.45, 2.75) is 19.3 Å². The van der Waals surface area contributed by atoms with E-state index in [-0.39, 0.29) is 5.91 Å². The van der Waals surface area contributed by atoms with Gasteiger partial charge in [-0.3, -0.25) is 4.79 Å². The van der Waals surface area contributed by atoms with E-state index >= 15 is 0 Å². The van der Waals surface area contributed by atoms with Crippen LogP contribution < -0.4 is 10.1 Å². The summed E-state index contributed by atoms with van der Waals surface area (Å²) in [5.41, 5.74) is 3.11. The number of hydrogen-bond donors (Lipinski definition) is 2. The number of carbonyl (C=O) groups excluding carboxylic acids is 1. The van der Waals surface area contributed by atoms with Crippen LogP contribution >= 0.6 is 0 Å². The number of benzene rings is 2. The Balaban J connectivity index is 1.26. The summed E-state index contributed by atoms with van der Waals surface area (Å²) in [5, 5.41) is 8.13. The van der Waals surface area contributed by atoms with Crippen molar-refractivity contribution in [3.63, 3.8) is 0 Å². The summed E-state index contributed by atoms with van der Waals surface area (Å²) in [6.45, 7) is 0.583. The van der Waals surface area contributed by atoms with Crippen LogP contribution in [0.25, 0.3) is 22.3 Å². The summed E-state index contributed by atoms with van der Waals surface area (Å²) in [6, 6.07) is 15.6. The van der Waals surface area contributed by atoms with Crippen LogP contribution in [0.3, 0.4) is 0 Å². The molecule has 29 heavy (non-hydrogen) atoms. The lowest BCUT2D eigenvalue weighted by Crippen LogP contribution is -2.25. The zero-order chi connectivity index (χ0) is 20.1. The van der Waals surface area contributed by atoms with Gasteiger partial charge in [0, 0.05) is 42.0 Å². The number of nitrogens with one attached hydrogen (secondary N) is 2. The number of fused-ring (bicyclic) bond motifs is 1. The second kappa shape index (κ2) is 8.60. The van der Waals surface area contributed by atoms with Gasteiger partial charge in [0.2, 0.25) is 17.6 Å². The number of carbonyl (C=O) groups is 1. The molecule has 0 fully saturated rings. The lowest BCUT2D eigenvalue weighted by Gasteiger charge is -2.03. The van der Waals surface area contributed by atoms with Crippen LogP contribution in [0.2, 0.25) is 0 Å². The van der Waals surface area contributed by atoms with Gasteiger partial charge in [0.15, 0.2) is 0 Å². The number of para-hydroxylation sites is 1. The highest BCUT2D eigenvalue weighted by Crippen LogP contribution is 2.21. The van der Waals surface area contributed by atoms with Gasteiger partial charge in [0.05, 0.1) is 7.11 Å². The van der Waals surface area contributed by atoms with Crippen molar-refractivity contribution < 1.29 is 14.1 Å². The minimum absolute atomic E-state index is 0.0361. The maximum Gasteiger partial charge on any atom is 0.227 e. The van der Waals surface area contributed by atoms with Crippen LogP contribution in [0.1, 0.15) is 17.9 Å². The molecule has 2 heterocycles. The number of aromatic amines is 1. The summed E-state index contributed by atoms with van der Waals surface area (Å²) < 4.78 is 10.5. The summed E-state index contributed by atoms with van der Waals surface area (Å²) in [7, 11) is 1.61. The molecule has 7 heteroatoms. The number of ether oxygens (including phenoxy) is 1. The Morgan fingerprint density at radius 1 is 1.17 bits per heavy atom. The second-order valence-electron chi connectivity index (χ2n) is 6.70. The van der Waals surface area contributed by atoms with E-state index in [1.165, 1.54) is 10.9 Å². The standard InChI is InChI=1S/C22H22N4O3/c1-28-17-6-4-5-15(13-17)22-25-21(29-26-22)10-9-20(27)23-12-11-16-14-24-19-8-3-2-7-18(16)19/h2-8,13-14,24H,9-12H2,1H3,(H,23,27). The molecule has 4 aromatic rings. The summed E-state index contributed by atoms with van der Waals surface area (Å²) in [5.74, 6) is 1.61. The van der Waals surface area contributed by atoms with E-state index in [4.69, 9.17) is 9.26 Å². The maximum absolute atomic E-state index is 12.1. The highest BCUT2D eigenvalue weighted by molar-refractivity contribution is 5.83. The number of H-pyrrole nitrogens is 1. The normalized spacial score (nSPS) is 10.9. The summed E-state index contributed by atoms with van der Waals surface area (Å²) in [6.07, 6.45) is 3.47. The number of amides is 1. The van der Waals surface area contributed by atoms with E-state index in [0.29, 0.717) is 31.1 Å². The van der Waals surface area contributed by atoms with E-state index in [1.54, 1.807) is 7.11 Å². The predicted molar refractivity (Wildman–Crippen MR) is 110 cm³/mol. The SMILES string of the molecule is COc1cccc(-c2noc(CCC(=O)NCCc3c[nH]c4ccccc34)n2)c1. The van der Waals surface area contributed by atoms with Gasteiger partial charge in [0.1, 0.15) is 5.75 Å². The molecule has 2 N–H and O–H groups in total. The molecule has 7 nitrogen and oxygen atoms in total. The van der Waals surface area contributed by atoms with Crippen molar-refractivity contribution >= 4 is 16.8 Å². The molecular weight excluding hydrogens is 368 g/mol. The van der Waals surface area contributed by atoms with Crippen LogP contribution in [0.4, 0.5) is 0 Å². The number of nitrogens with zero attached hydrogens (tertiary/aromatic N) is 2. The highest BCUT2D eigenvalue weighted by Gasteiger charge is 2.11. The Kier molecular flexibility index (Phi) is 5.56. The van der Waals surface area contributed by atoms with Crippen LogP contribution in [0.15, 0.2) is 59.3 Å². The quantitative estimate of drug-likeness (QED) is 0.480. The predicted octanol–water partition coefficient (Wildman–Crippen LogP) is 3.52. The first-order valence-electron chi connectivity index (χ1n) is 9.51. The highest BCUT2D eigenvalue weighted by atomic mass is 16.5. The smallest absolute Gasteiger partial charge is 0.227 e. The third-order valence-electron chi connectivity index (χ3n) is 4.75. The van der Waals surface area contributed by atoms with Gasteiger partial charge in [-0.05, 0) is 30.2 Å². The molecule has 0 saturated carbocycles. The Morgan fingerprint density at radius 3 is 2.97 bits per heavy atom. The topological polar surface area (TPSA) is 93.0 Å². The molecule has 0 radical (unpaired) electrons. The molecule has 148 valence electrons. The van der Waals surface area contributed by atoms with Crippen LogP contribution in [0, 0.1) is 0 Å². The van der Waals surface area contributed by atoms with Crippen molar-refractivity contribution in [3.8, 4) is 17.1 Å². The van der Waals surface area contributed by atoms with Crippen LogP contribution in [-0.4, -0.2) is 34.7 Å². The minimum Gasteiger partial charge on any atom is -0.497 e. The Hall–Kier alpha value is -3.61. The van der Waals surface area contributed by atoms with Crippen molar-refractivity contribution in [2.75, 3.05) is 13.7 Å². The molecule has 0 aliphatic carbocycles. The van der Waals surface area contributed by atoms with Gasteiger partial charge in [-0.25, -0.2) is 0 Å². The number of methoxy groups -OCH3 is 1. The molecule has 0 saturated heterocycles. The van der Waals surface area contributed by atoms with E-state index in [1.807, 2.05) is 48.7 Å². The van der Waals surface area contributed by atoms with Gasteiger partial charge in [0.25, 0.3) is 0 Å². The minimum atomic E-state index is -0.0361. The van der Waals surface area contributed by atoms with Crippen molar-refractivity contribution in [1.29, 1.82) is 0 Å². The van der Waals surface area contributed by atoms with Gasteiger partial charge in [-0.2, -0.15) is 4.98 Å². The van der Waals surface area contributed by atoms with Gasteiger partial charge in [-0.1, -0.05) is 35.5 Å². The first-order valence-corrected chi connectivity index (χ1v) is 9.51. The van der Waals surface area contributed by atoms with E-state index in [0.717, 1.165) is 23.3 Å². The number of aryl methyl sites for hydroxylation is 1.